The summed E-state index contributed by atoms with van der Waals surface area (Å²) < 4.78 is 15.7. The fourth-order valence-electron chi connectivity index (χ4n) is 2.29. The molecule has 0 aliphatic carbocycles. The first-order chi connectivity index (χ1) is 10.0. The third-order valence-electron chi connectivity index (χ3n) is 3.38. The number of aromatic carboxylic acids is 1. The molecule has 3 nitrogen and oxygen atoms in total. The first-order valence-corrected chi connectivity index (χ1v) is 6.68. The van der Waals surface area contributed by atoms with E-state index in [1.54, 1.807) is 30.3 Å². The number of aromatic nitrogens is 1. The summed E-state index contributed by atoms with van der Waals surface area (Å²) in [5, 5.41) is 10.3. The lowest BCUT2D eigenvalue weighted by Gasteiger charge is -2.08. The molecular formula is C16H11ClFNO2. The van der Waals surface area contributed by atoms with Crippen LogP contribution in [-0.2, 0) is 6.54 Å². The van der Waals surface area contributed by atoms with Crippen LogP contribution >= 0.6 is 11.6 Å². The smallest absolute Gasteiger partial charge is 0.335 e. The van der Waals surface area contributed by atoms with Crippen molar-refractivity contribution in [2.75, 3.05) is 0 Å². The first-order valence-electron chi connectivity index (χ1n) is 6.31. The van der Waals surface area contributed by atoms with Gasteiger partial charge in [-0.3, -0.25) is 0 Å². The Morgan fingerprint density at radius 2 is 2.00 bits per heavy atom. The summed E-state index contributed by atoms with van der Waals surface area (Å²) in [5.74, 6) is -1.36. The monoisotopic (exact) mass is 303 g/mol. The zero-order chi connectivity index (χ0) is 15.0. The fourth-order valence-corrected chi connectivity index (χ4v) is 2.45. The number of fused-ring (bicyclic) bond motifs is 1. The molecule has 5 heteroatoms. The predicted molar refractivity (Wildman–Crippen MR) is 79.4 cm³/mol. The van der Waals surface area contributed by atoms with E-state index in [1.807, 2.05) is 16.8 Å². The lowest BCUT2D eigenvalue weighted by atomic mass is 10.1. The van der Waals surface area contributed by atoms with Gasteiger partial charge in [0.05, 0.1) is 12.1 Å². The van der Waals surface area contributed by atoms with Crippen molar-refractivity contribution in [3.8, 4) is 0 Å². The normalized spacial score (nSPS) is 11.0. The van der Waals surface area contributed by atoms with Crippen molar-refractivity contribution in [1.82, 2.24) is 4.57 Å². The number of benzene rings is 2. The Balaban J connectivity index is 2.04. The summed E-state index contributed by atoms with van der Waals surface area (Å²) in [6.07, 6.45) is 1.81. The number of carboxylic acid groups (broad SMARTS) is 1. The van der Waals surface area contributed by atoms with Gasteiger partial charge in [-0.05, 0) is 35.7 Å². The number of rotatable bonds is 3. The zero-order valence-electron chi connectivity index (χ0n) is 10.9. The summed E-state index contributed by atoms with van der Waals surface area (Å²) in [5.41, 5.74) is 1.46. The van der Waals surface area contributed by atoms with Crippen molar-refractivity contribution in [2.45, 2.75) is 6.54 Å². The van der Waals surface area contributed by atoms with Crippen LogP contribution in [0.3, 0.4) is 0 Å². The van der Waals surface area contributed by atoms with Gasteiger partial charge in [0.15, 0.2) is 0 Å². The summed E-state index contributed by atoms with van der Waals surface area (Å²) in [6.45, 7) is 0.315. The Hall–Kier alpha value is -2.33. The molecule has 0 aliphatic rings. The van der Waals surface area contributed by atoms with Gasteiger partial charge in [0.2, 0.25) is 0 Å². The Bertz CT molecular complexity index is 841. The van der Waals surface area contributed by atoms with Gasteiger partial charge in [-0.1, -0.05) is 23.7 Å². The Morgan fingerprint density at radius 3 is 2.71 bits per heavy atom. The number of carboxylic acids is 1. The predicted octanol–water partition coefficient (Wildman–Crippen LogP) is 4.18. The van der Waals surface area contributed by atoms with Crippen LogP contribution in [0, 0.1) is 5.82 Å². The molecule has 0 bridgehead atoms. The Kier molecular flexibility index (Phi) is 3.39. The Morgan fingerprint density at radius 1 is 1.19 bits per heavy atom. The largest absolute Gasteiger partial charge is 0.478 e. The maximum atomic E-state index is 13.9. The van der Waals surface area contributed by atoms with Crippen LogP contribution in [0.25, 0.3) is 10.9 Å². The van der Waals surface area contributed by atoms with E-state index >= 15 is 0 Å². The highest BCUT2D eigenvalue weighted by molar-refractivity contribution is 6.30. The van der Waals surface area contributed by atoms with Gasteiger partial charge in [0.1, 0.15) is 5.82 Å². The van der Waals surface area contributed by atoms with Crippen molar-refractivity contribution >= 4 is 28.5 Å². The molecule has 106 valence electrons. The second kappa shape index (κ2) is 5.22. The maximum absolute atomic E-state index is 13.9. The van der Waals surface area contributed by atoms with Crippen LogP contribution in [0.4, 0.5) is 4.39 Å². The van der Waals surface area contributed by atoms with Crippen LogP contribution < -0.4 is 0 Å². The molecule has 3 rings (SSSR count). The van der Waals surface area contributed by atoms with E-state index in [0.29, 0.717) is 17.1 Å². The van der Waals surface area contributed by atoms with Crippen molar-refractivity contribution < 1.29 is 14.3 Å². The molecule has 0 saturated carbocycles. The second-order valence-electron chi connectivity index (χ2n) is 4.76. The second-order valence-corrected chi connectivity index (χ2v) is 5.19. The van der Waals surface area contributed by atoms with Gasteiger partial charge in [-0.2, -0.15) is 0 Å². The van der Waals surface area contributed by atoms with E-state index in [2.05, 4.69) is 0 Å². The maximum Gasteiger partial charge on any atom is 0.335 e. The quantitative estimate of drug-likeness (QED) is 0.788. The van der Waals surface area contributed by atoms with E-state index < -0.39 is 5.97 Å². The molecule has 0 spiro atoms. The van der Waals surface area contributed by atoms with E-state index in [0.717, 1.165) is 10.9 Å². The van der Waals surface area contributed by atoms with Crippen molar-refractivity contribution in [3.05, 3.63) is 70.6 Å². The molecule has 1 aromatic heterocycles. The van der Waals surface area contributed by atoms with Gasteiger partial charge >= 0.3 is 5.97 Å². The summed E-state index contributed by atoms with van der Waals surface area (Å²) in [6, 6.07) is 11.3. The van der Waals surface area contributed by atoms with Crippen LogP contribution in [0.5, 0.6) is 0 Å². The summed E-state index contributed by atoms with van der Waals surface area (Å²) in [7, 11) is 0. The summed E-state index contributed by atoms with van der Waals surface area (Å²) in [4.78, 5) is 11.0. The number of hydrogen-bond donors (Lipinski definition) is 1. The molecule has 1 N–H and O–H groups in total. The molecule has 0 atom stereocenters. The summed E-state index contributed by atoms with van der Waals surface area (Å²) >= 11 is 5.74. The molecule has 0 saturated heterocycles. The van der Waals surface area contributed by atoms with Crippen LogP contribution in [-0.4, -0.2) is 15.6 Å². The minimum atomic E-state index is -0.984. The minimum Gasteiger partial charge on any atom is -0.478 e. The van der Waals surface area contributed by atoms with E-state index in [-0.39, 0.29) is 11.4 Å². The lowest BCUT2D eigenvalue weighted by Crippen LogP contribution is -2.02. The lowest BCUT2D eigenvalue weighted by molar-refractivity contribution is 0.0697. The Labute approximate surface area is 125 Å². The fraction of sp³-hybridized carbons (Fsp3) is 0.0625. The molecule has 0 unspecified atom stereocenters. The standard InChI is InChI=1S/C16H11ClFNO2/c17-13-4-3-12(14(18)8-13)9-19-6-5-10-1-2-11(16(20)21)7-15(10)19/h1-8H,9H2,(H,20,21). The van der Waals surface area contributed by atoms with Gasteiger partial charge in [0.25, 0.3) is 0 Å². The number of carbonyl (C=O) groups is 1. The molecular weight excluding hydrogens is 293 g/mol. The molecule has 0 radical (unpaired) electrons. The molecule has 2 aromatic carbocycles. The number of nitrogens with zero attached hydrogens (tertiary/aromatic N) is 1. The molecule has 21 heavy (non-hydrogen) atoms. The van der Waals surface area contributed by atoms with Crippen LogP contribution in [0.15, 0.2) is 48.7 Å². The third-order valence-corrected chi connectivity index (χ3v) is 3.61. The van der Waals surface area contributed by atoms with Crippen molar-refractivity contribution in [3.63, 3.8) is 0 Å². The van der Waals surface area contributed by atoms with E-state index in [9.17, 15) is 9.18 Å². The molecule has 0 amide bonds. The van der Waals surface area contributed by atoms with Gasteiger partial charge in [-0.25, -0.2) is 9.18 Å². The third kappa shape index (κ3) is 2.62. The zero-order valence-corrected chi connectivity index (χ0v) is 11.6. The SMILES string of the molecule is O=C(O)c1ccc2ccn(Cc3ccc(Cl)cc3F)c2c1. The average molecular weight is 304 g/mol. The van der Waals surface area contributed by atoms with Gasteiger partial charge in [0, 0.05) is 22.3 Å². The van der Waals surface area contributed by atoms with Crippen LogP contribution in [0.1, 0.15) is 15.9 Å². The van der Waals surface area contributed by atoms with Gasteiger partial charge < -0.3 is 9.67 Å². The first kappa shape index (κ1) is 13.6. The van der Waals surface area contributed by atoms with Crippen molar-refractivity contribution in [1.29, 1.82) is 0 Å². The minimum absolute atomic E-state index is 0.207. The number of hydrogen-bond acceptors (Lipinski definition) is 1. The van der Waals surface area contributed by atoms with Gasteiger partial charge in [-0.15, -0.1) is 0 Å². The highest BCUT2D eigenvalue weighted by Gasteiger charge is 2.09. The number of halogens is 2. The molecule has 0 aliphatic heterocycles. The van der Waals surface area contributed by atoms with E-state index in [1.165, 1.54) is 6.07 Å². The molecule has 1 heterocycles. The average Bonchev–Trinajstić information content (AvgIpc) is 2.84. The van der Waals surface area contributed by atoms with Crippen LogP contribution in [0.2, 0.25) is 5.02 Å². The highest BCUT2D eigenvalue weighted by Crippen LogP contribution is 2.21. The topological polar surface area (TPSA) is 42.2 Å². The molecule has 3 aromatic rings. The van der Waals surface area contributed by atoms with E-state index in [4.69, 9.17) is 16.7 Å². The van der Waals surface area contributed by atoms with Crippen molar-refractivity contribution in [2.24, 2.45) is 0 Å². The molecule has 0 fully saturated rings. The highest BCUT2D eigenvalue weighted by atomic mass is 35.5.